The molecule has 1 N–H and O–H groups in total. The van der Waals surface area contributed by atoms with E-state index in [1.807, 2.05) is 13.8 Å². The predicted molar refractivity (Wildman–Crippen MR) is 104 cm³/mol. The van der Waals surface area contributed by atoms with Crippen LogP contribution in [0, 0.1) is 17.7 Å². The molecule has 0 saturated carbocycles. The summed E-state index contributed by atoms with van der Waals surface area (Å²) in [6.07, 6.45) is 2.47. The summed E-state index contributed by atoms with van der Waals surface area (Å²) >= 11 is 0. The maximum Gasteiger partial charge on any atom is 0.345 e. The van der Waals surface area contributed by atoms with Gasteiger partial charge in [-0.3, -0.25) is 4.79 Å². The third-order valence-corrected chi connectivity index (χ3v) is 4.74. The van der Waals surface area contributed by atoms with Gasteiger partial charge in [-0.15, -0.1) is 0 Å². The van der Waals surface area contributed by atoms with E-state index in [2.05, 4.69) is 9.97 Å². The number of ether oxygens (including phenoxy) is 1. The normalized spacial score (nSPS) is 17.0. The molecule has 1 aromatic carbocycles. The second-order valence-electron chi connectivity index (χ2n) is 7.72. The van der Waals surface area contributed by atoms with Gasteiger partial charge in [0.2, 0.25) is 0 Å². The molecule has 1 amide bonds. The zero-order valence-electron chi connectivity index (χ0n) is 16.3. The number of rotatable bonds is 6. The Balaban J connectivity index is 1.64. The number of carbonyl (C=O) groups is 1. The molecule has 1 aliphatic heterocycles. The molecule has 0 bridgehead atoms. The summed E-state index contributed by atoms with van der Waals surface area (Å²) < 4.78 is 19.0. The van der Waals surface area contributed by atoms with Crippen LogP contribution in [0.25, 0.3) is 0 Å². The van der Waals surface area contributed by atoms with Gasteiger partial charge >= 0.3 is 5.69 Å². The summed E-state index contributed by atoms with van der Waals surface area (Å²) in [6.45, 7) is 5.67. The fourth-order valence-corrected chi connectivity index (χ4v) is 3.49. The highest BCUT2D eigenvalue weighted by Gasteiger charge is 2.26. The number of hydrogen-bond acceptors (Lipinski definition) is 4. The Kier molecular flexibility index (Phi) is 6.44. The zero-order valence-corrected chi connectivity index (χ0v) is 16.3. The Morgan fingerprint density at radius 3 is 2.96 bits per heavy atom. The highest BCUT2D eigenvalue weighted by atomic mass is 19.1. The van der Waals surface area contributed by atoms with Gasteiger partial charge in [0.1, 0.15) is 17.3 Å². The first-order valence-electron chi connectivity index (χ1n) is 9.68. The molecule has 1 aromatic heterocycles. The Labute approximate surface area is 163 Å². The molecule has 1 saturated heterocycles. The molecule has 2 aromatic rings. The van der Waals surface area contributed by atoms with Crippen LogP contribution in [-0.2, 0) is 6.42 Å². The molecule has 28 heavy (non-hydrogen) atoms. The van der Waals surface area contributed by atoms with E-state index in [4.69, 9.17) is 4.74 Å². The van der Waals surface area contributed by atoms with E-state index in [0.29, 0.717) is 37.8 Å². The molecule has 0 aliphatic carbocycles. The van der Waals surface area contributed by atoms with Crippen molar-refractivity contribution >= 4 is 5.91 Å². The first-order valence-corrected chi connectivity index (χ1v) is 9.68. The number of nitrogens with zero attached hydrogens (tertiary/aromatic N) is 2. The monoisotopic (exact) mass is 387 g/mol. The molecule has 1 atom stereocenters. The summed E-state index contributed by atoms with van der Waals surface area (Å²) in [5.41, 5.74) is 0.414. The molecule has 2 heterocycles. The second kappa shape index (κ2) is 8.99. The average Bonchev–Trinajstić information content (AvgIpc) is 2.65. The first-order chi connectivity index (χ1) is 13.4. The largest absolute Gasteiger partial charge is 0.493 e. The third-order valence-electron chi connectivity index (χ3n) is 4.74. The van der Waals surface area contributed by atoms with Crippen LogP contribution >= 0.6 is 0 Å². The quantitative estimate of drug-likeness (QED) is 0.827. The Morgan fingerprint density at radius 2 is 2.21 bits per heavy atom. The van der Waals surface area contributed by atoms with Crippen LogP contribution in [0.4, 0.5) is 4.39 Å². The second-order valence-corrected chi connectivity index (χ2v) is 7.72. The highest BCUT2D eigenvalue weighted by molar-refractivity contribution is 5.92. The first kappa shape index (κ1) is 20.0. The van der Waals surface area contributed by atoms with Crippen LogP contribution in [-0.4, -0.2) is 40.5 Å². The number of carbonyl (C=O) groups excluding carboxylic acids is 1. The number of likely N-dealkylation sites (tertiary alicyclic amines) is 1. The van der Waals surface area contributed by atoms with Gasteiger partial charge in [-0.25, -0.2) is 9.18 Å². The Bertz CT molecular complexity index is 881. The lowest BCUT2D eigenvalue weighted by atomic mass is 9.98. The van der Waals surface area contributed by atoms with Crippen LogP contribution in [0.2, 0.25) is 0 Å². The standard InChI is InChI=1S/C21H26FN3O3/c1-14(2)9-17-11-19(24-21(27)23-17)20(26)25-8-4-5-15(12-25)13-28-18-7-3-6-16(22)10-18/h3,6-7,10-11,14-15H,4-5,8-9,12-13H2,1-2H3,(H,23,24,27). The summed E-state index contributed by atoms with van der Waals surface area (Å²) in [4.78, 5) is 33.0. The molecule has 1 fully saturated rings. The molecule has 3 rings (SSSR count). The van der Waals surface area contributed by atoms with Crippen molar-refractivity contribution < 1.29 is 13.9 Å². The van der Waals surface area contributed by atoms with E-state index >= 15 is 0 Å². The van der Waals surface area contributed by atoms with Crippen molar-refractivity contribution in [2.75, 3.05) is 19.7 Å². The molecule has 150 valence electrons. The van der Waals surface area contributed by atoms with Crippen molar-refractivity contribution in [2.45, 2.75) is 33.1 Å². The number of aromatic amines is 1. The topological polar surface area (TPSA) is 75.3 Å². The van der Waals surface area contributed by atoms with Crippen molar-refractivity contribution in [3.63, 3.8) is 0 Å². The fraction of sp³-hybridized carbons (Fsp3) is 0.476. The lowest BCUT2D eigenvalue weighted by Crippen LogP contribution is -2.42. The SMILES string of the molecule is CC(C)Cc1cc(C(=O)N2CCCC(COc3cccc(F)c3)C2)nc(=O)[nH]1. The Hall–Kier alpha value is -2.70. The van der Waals surface area contributed by atoms with Crippen LogP contribution in [0.3, 0.4) is 0 Å². The van der Waals surface area contributed by atoms with Crippen molar-refractivity contribution in [3.8, 4) is 5.75 Å². The minimum atomic E-state index is -0.496. The van der Waals surface area contributed by atoms with Crippen LogP contribution in [0.1, 0.15) is 42.9 Å². The lowest BCUT2D eigenvalue weighted by Gasteiger charge is -2.32. The van der Waals surface area contributed by atoms with Gasteiger partial charge in [0.05, 0.1) is 6.61 Å². The highest BCUT2D eigenvalue weighted by Crippen LogP contribution is 2.20. The molecule has 7 heteroatoms. The lowest BCUT2D eigenvalue weighted by molar-refractivity contribution is 0.0626. The van der Waals surface area contributed by atoms with Gasteiger partial charge in [0.15, 0.2) is 0 Å². The smallest absolute Gasteiger partial charge is 0.345 e. The summed E-state index contributed by atoms with van der Waals surface area (Å²) in [6, 6.07) is 7.72. The number of benzene rings is 1. The number of nitrogens with one attached hydrogen (secondary N) is 1. The van der Waals surface area contributed by atoms with Crippen molar-refractivity contribution in [2.24, 2.45) is 11.8 Å². The number of H-pyrrole nitrogens is 1. The van der Waals surface area contributed by atoms with Crippen molar-refractivity contribution in [3.05, 3.63) is 58.0 Å². The number of aromatic nitrogens is 2. The average molecular weight is 387 g/mol. The molecule has 0 spiro atoms. The summed E-state index contributed by atoms with van der Waals surface area (Å²) in [7, 11) is 0. The zero-order chi connectivity index (χ0) is 20.1. The summed E-state index contributed by atoms with van der Waals surface area (Å²) in [5.74, 6) is 0.429. The van der Waals surface area contributed by atoms with Gasteiger partial charge in [-0.05, 0) is 43.4 Å². The van der Waals surface area contributed by atoms with Crippen molar-refractivity contribution in [1.82, 2.24) is 14.9 Å². The van der Waals surface area contributed by atoms with E-state index in [1.54, 1.807) is 23.1 Å². The molecular formula is C21H26FN3O3. The fourth-order valence-electron chi connectivity index (χ4n) is 3.49. The van der Waals surface area contributed by atoms with E-state index in [1.165, 1.54) is 12.1 Å². The van der Waals surface area contributed by atoms with E-state index < -0.39 is 5.69 Å². The minimum absolute atomic E-state index is 0.151. The van der Waals surface area contributed by atoms with E-state index in [9.17, 15) is 14.0 Å². The van der Waals surface area contributed by atoms with Gasteiger partial charge < -0.3 is 14.6 Å². The van der Waals surface area contributed by atoms with Gasteiger partial charge in [-0.2, -0.15) is 4.98 Å². The maximum absolute atomic E-state index is 13.3. The predicted octanol–water partition coefficient (Wildman–Crippen LogP) is 3.04. The molecular weight excluding hydrogens is 361 g/mol. The van der Waals surface area contributed by atoms with Crippen LogP contribution < -0.4 is 10.4 Å². The van der Waals surface area contributed by atoms with Crippen molar-refractivity contribution in [1.29, 1.82) is 0 Å². The minimum Gasteiger partial charge on any atom is -0.493 e. The number of amides is 1. The number of halogens is 1. The van der Waals surface area contributed by atoms with Crippen LogP contribution in [0.5, 0.6) is 5.75 Å². The molecule has 1 unspecified atom stereocenters. The third kappa shape index (κ3) is 5.41. The van der Waals surface area contributed by atoms with Gasteiger partial charge in [-0.1, -0.05) is 19.9 Å². The Morgan fingerprint density at radius 1 is 1.39 bits per heavy atom. The number of hydrogen-bond donors (Lipinski definition) is 1. The van der Waals surface area contributed by atoms with Gasteiger partial charge in [0.25, 0.3) is 5.91 Å². The maximum atomic E-state index is 13.3. The van der Waals surface area contributed by atoms with E-state index in [-0.39, 0.29) is 23.3 Å². The molecule has 0 radical (unpaired) electrons. The van der Waals surface area contributed by atoms with Gasteiger partial charge in [0, 0.05) is 30.8 Å². The summed E-state index contributed by atoms with van der Waals surface area (Å²) in [5, 5.41) is 0. The molecule has 1 aliphatic rings. The van der Waals surface area contributed by atoms with E-state index in [0.717, 1.165) is 18.5 Å². The van der Waals surface area contributed by atoms with Crippen LogP contribution in [0.15, 0.2) is 35.1 Å². The molecule has 6 nitrogen and oxygen atoms in total. The number of piperidine rings is 1.